The van der Waals surface area contributed by atoms with E-state index in [1.54, 1.807) is 0 Å². The van der Waals surface area contributed by atoms with Crippen molar-refractivity contribution in [3.8, 4) is 5.75 Å². The van der Waals surface area contributed by atoms with Crippen LogP contribution in [0.5, 0.6) is 5.75 Å². The van der Waals surface area contributed by atoms with Gasteiger partial charge in [-0.15, -0.1) is 0 Å². The van der Waals surface area contributed by atoms with Crippen molar-refractivity contribution in [2.75, 3.05) is 13.2 Å². The maximum absolute atomic E-state index is 12.0. The first-order valence-electron chi connectivity index (χ1n) is 11.3. The minimum Gasteiger partial charge on any atom is -0.484 e. The topological polar surface area (TPSA) is 47.6 Å². The largest absolute Gasteiger partial charge is 0.484 e. The molecule has 1 amide bonds. The van der Waals surface area contributed by atoms with Crippen LogP contribution in [0.4, 0.5) is 0 Å². The van der Waals surface area contributed by atoms with Crippen LogP contribution < -0.4 is 10.1 Å². The van der Waals surface area contributed by atoms with Crippen LogP contribution in [0.2, 0.25) is 5.02 Å². The van der Waals surface area contributed by atoms with Crippen molar-refractivity contribution >= 4 is 17.5 Å². The van der Waals surface area contributed by atoms with Gasteiger partial charge >= 0.3 is 0 Å². The Bertz CT molecular complexity index is 869. The molecule has 0 spiro atoms. The molecule has 3 rings (SSSR count). The van der Waals surface area contributed by atoms with Gasteiger partial charge < -0.3 is 14.8 Å². The first-order chi connectivity index (χ1) is 14.9. The van der Waals surface area contributed by atoms with E-state index in [0.29, 0.717) is 30.1 Å². The summed E-state index contributed by atoms with van der Waals surface area (Å²) >= 11 is 6.46. The molecule has 4 nitrogen and oxygen atoms in total. The molecule has 4 atom stereocenters. The number of carbonyl (C=O) groups excluding carboxylic acids is 1. The second-order valence-corrected chi connectivity index (χ2v) is 9.26. The van der Waals surface area contributed by atoms with Crippen LogP contribution in [-0.2, 0) is 9.53 Å². The molecule has 168 valence electrons. The van der Waals surface area contributed by atoms with Crippen molar-refractivity contribution in [3.05, 3.63) is 64.7 Å². The summed E-state index contributed by atoms with van der Waals surface area (Å²) in [6, 6.07) is 16.2. The highest BCUT2D eigenvalue weighted by Crippen LogP contribution is 2.45. The van der Waals surface area contributed by atoms with E-state index in [0.717, 1.165) is 29.0 Å². The van der Waals surface area contributed by atoms with E-state index < -0.39 is 0 Å². The van der Waals surface area contributed by atoms with Gasteiger partial charge in [0.15, 0.2) is 6.61 Å². The molecular weight excluding hydrogens is 410 g/mol. The Kier molecular flexibility index (Phi) is 8.39. The van der Waals surface area contributed by atoms with Crippen LogP contribution in [0.3, 0.4) is 0 Å². The number of hydrogen-bond donors (Lipinski definition) is 1. The molecule has 1 aliphatic rings. The molecule has 31 heavy (non-hydrogen) atoms. The summed E-state index contributed by atoms with van der Waals surface area (Å²) < 4.78 is 12.2. The SMILES string of the molecule is CCC(C)NC(=O)COc1cccc([C@@H]2OC[C@@H](c3ccccc3Cl)C[C@H]2C(C)C)c1. The Morgan fingerprint density at radius 2 is 1.97 bits per heavy atom. The van der Waals surface area contributed by atoms with Crippen LogP contribution in [-0.4, -0.2) is 25.2 Å². The normalized spacial score (nSPS) is 22.2. The standard InChI is InChI=1S/C26H34ClNO3/c1-5-18(4)28-25(29)16-30-21-10-8-9-19(13-21)26-23(17(2)3)14-20(15-31-26)22-11-6-7-12-24(22)27/h6-13,17-18,20,23,26H,5,14-16H2,1-4H3,(H,28,29)/t18?,20-,23-,26-/m0/s1. The molecule has 1 saturated heterocycles. The summed E-state index contributed by atoms with van der Waals surface area (Å²) in [7, 11) is 0. The van der Waals surface area contributed by atoms with Crippen molar-refractivity contribution in [2.45, 2.75) is 58.6 Å². The third-order valence-corrected chi connectivity index (χ3v) is 6.54. The quantitative estimate of drug-likeness (QED) is 0.532. The Morgan fingerprint density at radius 1 is 1.19 bits per heavy atom. The Morgan fingerprint density at radius 3 is 2.68 bits per heavy atom. The molecule has 1 unspecified atom stereocenters. The number of nitrogens with one attached hydrogen (secondary N) is 1. The first kappa shape index (κ1) is 23.6. The van der Waals surface area contributed by atoms with Gasteiger partial charge in [0.25, 0.3) is 5.91 Å². The lowest BCUT2D eigenvalue weighted by atomic mass is 9.76. The van der Waals surface area contributed by atoms with Gasteiger partial charge in [-0.3, -0.25) is 4.79 Å². The molecule has 1 N–H and O–H groups in total. The van der Waals surface area contributed by atoms with Gasteiger partial charge in [0.05, 0.1) is 12.7 Å². The van der Waals surface area contributed by atoms with Crippen molar-refractivity contribution in [3.63, 3.8) is 0 Å². The van der Waals surface area contributed by atoms with Crippen LogP contribution in [0.15, 0.2) is 48.5 Å². The molecule has 2 aromatic rings. The highest BCUT2D eigenvalue weighted by atomic mass is 35.5. The average Bonchev–Trinajstić information content (AvgIpc) is 2.77. The summed E-state index contributed by atoms with van der Waals surface area (Å²) in [5.41, 5.74) is 2.26. The minimum atomic E-state index is -0.101. The number of halogens is 1. The number of carbonyl (C=O) groups is 1. The minimum absolute atomic E-state index is 0.00349. The number of hydrogen-bond acceptors (Lipinski definition) is 3. The van der Waals surface area contributed by atoms with Gasteiger partial charge in [0.2, 0.25) is 0 Å². The molecule has 0 aromatic heterocycles. The monoisotopic (exact) mass is 443 g/mol. The molecule has 1 fully saturated rings. The zero-order valence-corrected chi connectivity index (χ0v) is 19.7. The smallest absolute Gasteiger partial charge is 0.258 e. The Labute approximate surface area is 191 Å². The summed E-state index contributed by atoms with van der Waals surface area (Å²) in [5, 5.41) is 3.73. The van der Waals surface area contributed by atoms with Gasteiger partial charge in [-0.25, -0.2) is 0 Å². The van der Waals surface area contributed by atoms with E-state index >= 15 is 0 Å². The molecule has 0 aliphatic carbocycles. The van der Waals surface area contributed by atoms with Gasteiger partial charge in [0, 0.05) is 17.0 Å². The summed E-state index contributed by atoms with van der Waals surface area (Å²) in [6.07, 6.45) is 1.91. The van der Waals surface area contributed by atoms with Crippen molar-refractivity contribution in [1.82, 2.24) is 5.32 Å². The summed E-state index contributed by atoms with van der Waals surface area (Å²) in [6.45, 7) is 9.18. The van der Waals surface area contributed by atoms with Crippen LogP contribution in [0, 0.1) is 11.8 Å². The molecule has 1 heterocycles. The summed E-state index contributed by atoms with van der Waals surface area (Å²) in [4.78, 5) is 12.0. The molecule has 0 saturated carbocycles. The number of amides is 1. The number of rotatable bonds is 8. The predicted molar refractivity (Wildman–Crippen MR) is 126 cm³/mol. The molecule has 2 aromatic carbocycles. The molecule has 0 bridgehead atoms. The second kappa shape index (κ2) is 11.0. The van der Waals surface area contributed by atoms with E-state index in [9.17, 15) is 4.79 Å². The van der Waals surface area contributed by atoms with E-state index in [1.807, 2.05) is 50.2 Å². The second-order valence-electron chi connectivity index (χ2n) is 8.85. The summed E-state index contributed by atoms with van der Waals surface area (Å²) in [5.74, 6) is 1.70. The van der Waals surface area contributed by atoms with Gasteiger partial charge in [-0.1, -0.05) is 62.7 Å². The lowest BCUT2D eigenvalue weighted by Gasteiger charge is -2.39. The maximum Gasteiger partial charge on any atom is 0.258 e. The van der Waals surface area contributed by atoms with E-state index in [1.165, 1.54) is 0 Å². The number of benzene rings is 2. The molecule has 1 aliphatic heterocycles. The average molecular weight is 444 g/mol. The Hall–Kier alpha value is -2.04. The molecule has 0 radical (unpaired) electrons. The van der Waals surface area contributed by atoms with Gasteiger partial charge in [0.1, 0.15) is 5.75 Å². The highest BCUT2D eigenvalue weighted by Gasteiger charge is 2.35. The zero-order valence-electron chi connectivity index (χ0n) is 18.9. The van der Waals surface area contributed by atoms with Crippen molar-refractivity contribution in [1.29, 1.82) is 0 Å². The number of ether oxygens (including phenoxy) is 2. The highest BCUT2D eigenvalue weighted by molar-refractivity contribution is 6.31. The fourth-order valence-electron chi connectivity index (χ4n) is 4.20. The van der Waals surface area contributed by atoms with Gasteiger partial charge in [-0.05, 0) is 60.9 Å². The zero-order chi connectivity index (χ0) is 22.4. The third kappa shape index (κ3) is 6.24. The molecular formula is C26H34ClNO3. The van der Waals surface area contributed by atoms with Crippen LogP contribution >= 0.6 is 11.6 Å². The molecule has 5 heteroatoms. The lowest BCUT2D eigenvalue weighted by molar-refractivity contribution is -0.123. The fourth-order valence-corrected chi connectivity index (χ4v) is 4.49. The maximum atomic E-state index is 12.0. The van der Waals surface area contributed by atoms with Gasteiger partial charge in [-0.2, -0.15) is 0 Å². The Balaban J connectivity index is 1.69. The van der Waals surface area contributed by atoms with Crippen LogP contribution in [0.25, 0.3) is 0 Å². The van der Waals surface area contributed by atoms with Crippen molar-refractivity contribution < 1.29 is 14.3 Å². The van der Waals surface area contributed by atoms with E-state index in [4.69, 9.17) is 21.1 Å². The third-order valence-electron chi connectivity index (χ3n) is 6.20. The lowest BCUT2D eigenvalue weighted by Crippen LogP contribution is -2.35. The predicted octanol–water partition coefficient (Wildman–Crippen LogP) is 6.15. The van der Waals surface area contributed by atoms with Crippen molar-refractivity contribution in [2.24, 2.45) is 11.8 Å². The van der Waals surface area contributed by atoms with E-state index in [-0.39, 0.29) is 24.7 Å². The first-order valence-corrected chi connectivity index (χ1v) is 11.6. The fraction of sp³-hybridized carbons (Fsp3) is 0.500. The van der Waals surface area contributed by atoms with Crippen LogP contribution in [0.1, 0.15) is 63.7 Å². The van der Waals surface area contributed by atoms with E-state index in [2.05, 4.69) is 31.3 Å².